The summed E-state index contributed by atoms with van der Waals surface area (Å²) in [6.07, 6.45) is 2.28. The summed E-state index contributed by atoms with van der Waals surface area (Å²) in [6.45, 7) is 0. The number of benzene rings is 1. The van der Waals surface area contributed by atoms with Crippen LogP contribution in [0.4, 0.5) is 0 Å². The van der Waals surface area contributed by atoms with Crippen LogP contribution in [0, 0.1) is 0 Å². The fourth-order valence-electron chi connectivity index (χ4n) is 1.56. The van der Waals surface area contributed by atoms with E-state index in [0.29, 0.717) is 5.25 Å². The first-order valence-corrected chi connectivity index (χ1v) is 4.63. The predicted molar refractivity (Wildman–Crippen MR) is 51.5 cm³/mol. The van der Waals surface area contributed by atoms with Crippen LogP contribution in [0.25, 0.3) is 0 Å². The summed E-state index contributed by atoms with van der Waals surface area (Å²) in [5.74, 6) is 0. The second-order valence-corrected chi connectivity index (χ2v) is 3.96. The maximum atomic E-state index is 5.85. The van der Waals surface area contributed by atoms with Crippen LogP contribution >= 0.6 is 24.2 Å². The van der Waals surface area contributed by atoms with E-state index < -0.39 is 0 Å². The fourth-order valence-corrected chi connectivity index (χ4v) is 2.14. The molecule has 1 aromatic carbocycles. The van der Waals surface area contributed by atoms with Crippen LogP contribution in [0.15, 0.2) is 18.2 Å². The van der Waals surface area contributed by atoms with E-state index in [9.17, 15) is 0 Å². The number of thiol groups is 1. The summed E-state index contributed by atoms with van der Waals surface area (Å²) >= 11 is 10.3. The molecule has 0 N–H and O–H groups in total. The van der Waals surface area contributed by atoms with Gasteiger partial charge in [0.05, 0.1) is 0 Å². The van der Waals surface area contributed by atoms with E-state index in [0.717, 1.165) is 17.9 Å². The van der Waals surface area contributed by atoms with Crippen LogP contribution in [-0.2, 0) is 6.42 Å². The van der Waals surface area contributed by atoms with Gasteiger partial charge in [-0.1, -0.05) is 17.7 Å². The van der Waals surface area contributed by atoms with Crippen LogP contribution in [0.1, 0.15) is 22.8 Å². The van der Waals surface area contributed by atoms with Crippen molar-refractivity contribution in [3.05, 3.63) is 34.3 Å². The summed E-state index contributed by atoms with van der Waals surface area (Å²) in [5.41, 5.74) is 2.73. The molecule has 1 unspecified atom stereocenters. The third kappa shape index (κ3) is 1.27. The van der Waals surface area contributed by atoms with Crippen molar-refractivity contribution in [2.24, 2.45) is 0 Å². The van der Waals surface area contributed by atoms with E-state index in [1.165, 1.54) is 11.1 Å². The van der Waals surface area contributed by atoms with Gasteiger partial charge < -0.3 is 0 Å². The Bertz CT molecular complexity index is 283. The van der Waals surface area contributed by atoms with Gasteiger partial charge in [0, 0.05) is 10.3 Å². The van der Waals surface area contributed by atoms with Crippen molar-refractivity contribution >= 4 is 24.2 Å². The van der Waals surface area contributed by atoms with Gasteiger partial charge in [0.2, 0.25) is 0 Å². The molecule has 0 amide bonds. The van der Waals surface area contributed by atoms with Gasteiger partial charge in [0.1, 0.15) is 0 Å². The summed E-state index contributed by atoms with van der Waals surface area (Å²) in [5, 5.41) is 1.27. The highest BCUT2D eigenvalue weighted by molar-refractivity contribution is 7.80. The average Bonchev–Trinajstić information content (AvgIpc) is 2.32. The summed E-state index contributed by atoms with van der Waals surface area (Å²) in [7, 11) is 0. The molecule has 1 aliphatic rings. The van der Waals surface area contributed by atoms with Crippen molar-refractivity contribution in [3.8, 4) is 0 Å². The lowest BCUT2D eigenvalue weighted by Crippen LogP contribution is -1.82. The highest BCUT2D eigenvalue weighted by Crippen LogP contribution is 2.36. The van der Waals surface area contributed by atoms with Gasteiger partial charge in [0.25, 0.3) is 0 Å². The second kappa shape index (κ2) is 2.72. The molecule has 0 spiro atoms. The molecular weight excluding hydrogens is 176 g/mol. The third-order valence-electron chi connectivity index (χ3n) is 2.15. The van der Waals surface area contributed by atoms with Gasteiger partial charge in [-0.3, -0.25) is 0 Å². The smallest absolute Gasteiger partial charge is 0.0408 e. The number of aryl methyl sites for hydroxylation is 1. The van der Waals surface area contributed by atoms with Crippen LogP contribution in [-0.4, -0.2) is 0 Å². The summed E-state index contributed by atoms with van der Waals surface area (Å²) in [4.78, 5) is 0. The van der Waals surface area contributed by atoms with E-state index in [4.69, 9.17) is 11.6 Å². The van der Waals surface area contributed by atoms with Gasteiger partial charge in [-0.05, 0) is 36.1 Å². The van der Waals surface area contributed by atoms with Crippen LogP contribution in [0.5, 0.6) is 0 Å². The van der Waals surface area contributed by atoms with Crippen molar-refractivity contribution in [3.63, 3.8) is 0 Å². The molecule has 0 aliphatic heterocycles. The molecule has 1 atom stereocenters. The number of fused-ring (bicyclic) bond motifs is 1. The zero-order valence-electron chi connectivity index (χ0n) is 6.05. The molecule has 0 fully saturated rings. The minimum absolute atomic E-state index is 0.433. The number of hydrogen-bond acceptors (Lipinski definition) is 1. The monoisotopic (exact) mass is 184 g/mol. The average molecular weight is 185 g/mol. The topological polar surface area (TPSA) is 0 Å². The number of halogens is 1. The molecule has 0 radical (unpaired) electrons. The van der Waals surface area contributed by atoms with Crippen LogP contribution in [0.2, 0.25) is 5.02 Å². The number of hydrogen-bond donors (Lipinski definition) is 1. The standard InChI is InChI=1S/C9H9ClS/c10-7-2-3-8-6(5-7)1-4-9(8)11/h2-3,5,9,11H,1,4H2. The fraction of sp³-hybridized carbons (Fsp3) is 0.333. The highest BCUT2D eigenvalue weighted by atomic mass is 35.5. The Morgan fingerprint density at radius 3 is 3.09 bits per heavy atom. The van der Waals surface area contributed by atoms with E-state index in [-0.39, 0.29) is 0 Å². The SMILES string of the molecule is SC1CCc2cc(Cl)ccc21. The molecule has 0 heterocycles. The Hall–Kier alpha value is -0.140. The molecule has 0 saturated carbocycles. The van der Waals surface area contributed by atoms with Crippen molar-refractivity contribution in [1.29, 1.82) is 0 Å². The zero-order valence-corrected chi connectivity index (χ0v) is 7.70. The lowest BCUT2D eigenvalue weighted by atomic mass is 10.1. The van der Waals surface area contributed by atoms with E-state index in [2.05, 4.69) is 18.7 Å². The van der Waals surface area contributed by atoms with E-state index in [1.807, 2.05) is 12.1 Å². The lowest BCUT2D eigenvalue weighted by molar-refractivity contribution is 0.897. The molecule has 2 rings (SSSR count). The van der Waals surface area contributed by atoms with Gasteiger partial charge in [-0.25, -0.2) is 0 Å². The quantitative estimate of drug-likeness (QED) is 0.588. The molecular formula is C9H9ClS. The second-order valence-electron chi connectivity index (χ2n) is 2.90. The first-order chi connectivity index (χ1) is 5.27. The Labute approximate surface area is 77.0 Å². The zero-order chi connectivity index (χ0) is 7.84. The molecule has 0 saturated heterocycles. The Morgan fingerprint density at radius 2 is 2.27 bits per heavy atom. The van der Waals surface area contributed by atoms with E-state index in [1.54, 1.807) is 0 Å². The molecule has 0 bridgehead atoms. The number of rotatable bonds is 0. The van der Waals surface area contributed by atoms with Crippen LogP contribution < -0.4 is 0 Å². The normalized spacial score (nSPS) is 21.8. The minimum Gasteiger partial charge on any atom is -0.171 e. The Morgan fingerprint density at radius 1 is 1.45 bits per heavy atom. The Balaban J connectivity index is 2.50. The van der Waals surface area contributed by atoms with Gasteiger partial charge >= 0.3 is 0 Å². The first-order valence-electron chi connectivity index (χ1n) is 3.74. The molecule has 1 aromatic rings. The maximum absolute atomic E-state index is 5.85. The Kier molecular flexibility index (Phi) is 1.86. The molecule has 1 aliphatic carbocycles. The predicted octanol–water partition coefficient (Wildman–Crippen LogP) is 3.26. The first kappa shape index (κ1) is 7.51. The summed E-state index contributed by atoms with van der Waals surface area (Å²) < 4.78 is 0. The van der Waals surface area contributed by atoms with Crippen molar-refractivity contribution in [2.45, 2.75) is 18.1 Å². The van der Waals surface area contributed by atoms with Gasteiger partial charge in [0.15, 0.2) is 0 Å². The van der Waals surface area contributed by atoms with E-state index >= 15 is 0 Å². The van der Waals surface area contributed by atoms with Crippen molar-refractivity contribution in [1.82, 2.24) is 0 Å². The van der Waals surface area contributed by atoms with Crippen LogP contribution in [0.3, 0.4) is 0 Å². The molecule has 0 nitrogen and oxygen atoms in total. The molecule has 0 aromatic heterocycles. The molecule has 58 valence electrons. The lowest BCUT2D eigenvalue weighted by Gasteiger charge is -2.02. The maximum Gasteiger partial charge on any atom is 0.0408 e. The van der Waals surface area contributed by atoms with Crippen molar-refractivity contribution in [2.75, 3.05) is 0 Å². The molecule has 2 heteroatoms. The van der Waals surface area contributed by atoms with Crippen molar-refractivity contribution < 1.29 is 0 Å². The summed E-state index contributed by atoms with van der Waals surface area (Å²) in [6, 6.07) is 6.07. The highest BCUT2D eigenvalue weighted by Gasteiger charge is 2.18. The molecule has 11 heavy (non-hydrogen) atoms. The minimum atomic E-state index is 0.433. The largest absolute Gasteiger partial charge is 0.171 e. The van der Waals surface area contributed by atoms with Gasteiger partial charge in [-0.2, -0.15) is 12.6 Å². The third-order valence-corrected chi connectivity index (χ3v) is 2.92. The van der Waals surface area contributed by atoms with Gasteiger partial charge in [-0.15, -0.1) is 0 Å².